The third kappa shape index (κ3) is 5.33. The van der Waals surface area contributed by atoms with E-state index in [0.29, 0.717) is 0 Å². The molecule has 0 N–H and O–H groups in total. The average Bonchev–Trinajstić information content (AvgIpc) is 3.52. The summed E-state index contributed by atoms with van der Waals surface area (Å²) in [7, 11) is 0. The summed E-state index contributed by atoms with van der Waals surface area (Å²) >= 11 is 0. The molecule has 6 aromatic carbocycles. The number of fused-ring (bicyclic) bond motifs is 6. The molecule has 0 fully saturated rings. The Labute approximate surface area is 302 Å². The molecule has 1 aliphatic rings. The summed E-state index contributed by atoms with van der Waals surface area (Å²) in [5.41, 5.74) is 17.3. The first-order valence-electron chi connectivity index (χ1n) is 17.7. The van der Waals surface area contributed by atoms with Crippen LogP contribution in [-0.2, 0) is 13.1 Å². The summed E-state index contributed by atoms with van der Waals surface area (Å²) in [6.07, 6.45) is 7.51. The maximum absolute atomic E-state index is 6.28. The standard InChI is InChI=1S/C48H33N3O/c1-2-11-41(12-3-1)51-30-36-18-17-33(43-14-6-16-47-48(43)44-13-4-5-15-46(44)52-47)27-45(36)42-20-19-32(23-40(42)31-51)37-24-38(34-9-7-21-49-28-34)26-39(25-37)35-10-8-22-50-29-35/h1-29H,30-31H2. The van der Waals surface area contributed by atoms with Crippen molar-refractivity contribution in [2.24, 2.45) is 0 Å². The molecule has 0 radical (unpaired) electrons. The fraction of sp³-hybridized carbons (Fsp3) is 0.0417. The summed E-state index contributed by atoms with van der Waals surface area (Å²) in [5, 5.41) is 2.30. The summed E-state index contributed by atoms with van der Waals surface area (Å²) in [5.74, 6) is 0. The van der Waals surface area contributed by atoms with E-state index in [1.807, 2.05) is 49.1 Å². The number of para-hydroxylation sites is 2. The van der Waals surface area contributed by atoms with Gasteiger partial charge in [-0.3, -0.25) is 9.97 Å². The van der Waals surface area contributed by atoms with Crippen LogP contribution in [0, 0.1) is 0 Å². The van der Waals surface area contributed by atoms with Crippen LogP contribution in [-0.4, -0.2) is 9.97 Å². The maximum Gasteiger partial charge on any atom is 0.136 e. The Morgan fingerprint density at radius 1 is 0.423 bits per heavy atom. The molecule has 4 nitrogen and oxygen atoms in total. The van der Waals surface area contributed by atoms with Crippen molar-refractivity contribution in [3.8, 4) is 55.6 Å². The fourth-order valence-electron chi connectivity index (χ4n) is 7.80. The topological polar surface area (TPSA) is 42.2 Å². The van der Waals surface area contributed by atoms with Gasteiger partial charge >= 0.3 is 0 Å². The number of hydrogen-bond acceptors (Lipinski definition) is 4. The third-order valence-corrected chi connectivity index (χ3v) is 10.3. The summed E-state index contributed by atoms with van der Waals surface area (Å²) in [6.45, 7) is 1.60. The van der Waals surface area contributed by atoms with Gasteiger partial charge in [-0.1, -0.05) is 84.9 Å². The molecule has 0 bridgehead atoms. The van der Waals surface area contributed by atoms with Gasteiger partial charge in [0.15, 0.2) is 0 Å². The Balaban J connectivity index is 1.15. The first-order valence-corrected chi connectivity index (χ1v) is 17.7. The van der Waals surface area contributed by atoms with Crippen LogP contribution in [0.15, 0.2) is 181 Å². The van der Waals surface area contributed by atoms with Gasteiger partial charge in [0.05, 0.1) is 0 Å². The fourth-order valence-corrected chi connectivity index (χ4v) is 7.80. The number of hydrogen-bond donors (Lipinski definition) is 0. The molecule has 0 atom stereocenters. The lowest BCUT2D eigenvalue weighted by atomic mass is 9.89. The molecule has 0 saturated carbocycles. The molecule has 0 unspecified atom stereocenters. The van der Waals surface area contributed by atoms with E-state index in [1.165, 1.54) is 44.6 Å². The van der Waals surface area contributed by atoms with Crippen LogP contribution in [0.25, 0.3) is 77.6 Å². The predicted octanol–water partition coefficient (Wildman–Crippen LogP) is 12.2. The van der Waals surface area contributed by atoms with Crippen molar-refractivity contribution in [3.63, 3.8) is 0 Å². The van der Waals surface area contributed by atoms with E-state index in [1.54, 1.807) is 0 Å². The van der Waals surface area contributed by atoms with Crippen molar-refractivity contribution in [2.45, 2.75) is 13.1 Å². The van der Waals surface area contributed by atoms with Gasteiger partial charge in [0, 0.05) is 65.5 Å². The molecule has 4 heterocycles. The molecule has 3 aromatic heterocycles. The highest BCUT2D eigenvalue weighted by molar-refractivity contribution is 6.12. The monoisotopic (exact) mass is 667 g/mol. The molecule has 246 valence electrons. The summed E-state index contributed by atoms with van der Waals surface area (Å²) in [6, 6.07) is 54.5. The van der Waals surface area contributed by atoms with E-state index in [9.17, 15) is 0 Å². The molecular formula is C48H33N3O. The van der Waals surface area contributed by atoms with Gasteiger partial charge in [-0.15, -0.1) is 0 Å². The highest BCUT2D eigenvalue weighted by atomic mass is 16.3. The number of benzene rings is 6. The van der Waals surface area contributed by atoms with Crippen LogP contribution in [0.1, 0.15) is 11.1 Å². The van der Waals surface area contributed by atoms with Crippen LogP contribution in [0.4, 0.5) is 5.69 Å². The van der Waals surface area contributed by atoms with E-state index < -0.39 is 0 Å². The number of pyridine rings is 2. The van der Waals surface area contributed by atoms with Crippen molar-refractivity contribution in [1.82, 2.24) is 9.97 Å². The van der Waals surface area contributed by atoms with Crippen molar-refractivity contribution >= 4 is 27.6 Å². The molecule has 4 heteroatoms. The Hall–Kier alpha value is -6.78. The zero-order valence-corrected chi connectivity index (χ0v) is 28.4. The normalized spacial score (nSPS) is 12.4. The van der Waals surface area contributed by atoms with Crippen molar-refractivity contribution in [2.75, 3.05) is 4.90 Å². The second-order valence-corrected chi connectivity index (χ2v) is 13.5. The highest BCUT2D eigenvalue weighted by Gasteiger charge is 2.22. The molecule has 0 amide bonds. The number of rotatable bonds is 5. The van der Waals surface area contributed by atoms with Gasteiger partial charge in [0.1, 0.15) is 11.2 Å². The largest absolute Gasteiger partial charge is 0.456 e. The minimum absolute atomic E-state index is 0.789. The van der Waals surface area contributed by atoms with Crippen LogP contribution in [0.5, 0.6) is 0 Å². The smallest absolute Gasteiger partial charge is 0.136 e. The number of furan rings is 1. The molecule has 0 aliphatic carbocycles. The van der Waals surface area contributed by atoms with Crippen LogP contribution >= 0.6 is 0 Å². The maximum atomic E-state index is 6.28. The van der Waals surface area contributed by atoms with Gasteiger partial charge in [-0.25, -0.2) is 0 Å². The van der Waals surface area contributed by atoms with Crippen molar-refractivity contribution < 1.29 is 4.42 Å². The first-order chi connectivity index (χ1) is 25.7. The van der Waals surface area contributed by atoms with E-state index in [4.69, 9.17) is 4.42 Å². The summed E-state index contributed by atoms with van der Waals surface area (Å²) < 4.78 is 6.28. The quantitative estimate of drug-likeness (QED) is 0.183. The minimum atomic E-state index is 0.789. The Bertz CT molecular complexity index is 2680. The zero-order valence-electron chi connectivity index (χ0n) is 28.4. The van der Waals surface area contributed by atoms with Gasteiger partial charge in [-0.2, -0.15) is 0 Å². The second kappa shape index (κ2) is 12.5. The first kappa shape index (κ1) is 30.1. The molecule has 52 heavy (non-hydrogen) atoms. The molecule has 0 saturated heterocycles. The van der Waals surface area contributed by atoms with Crippen LogP contribution < -0.4 is 4.90 Å². The van der Waals surface area contributed by atoms with E-state index in [-0.39, 0.29) is 0 Å². The van der Waals surface area contributed by atoms with E-state index in [2.05, 4.69) is 142 Å². The zero-order chi connectivity index (χ0) is 34.4. The SMILES string of the molecule is c1ccc(N2Cc3cc(-c4cc(-c5cccnc5)cc(-c5cccnc5)c4)ccc3-c3cc(-c4cccc5oc6ccccc6c45)ccc3C2)cc1. The Morgan fingerprint density at radius 3 is 1.85 bits per heavy atom. The molecule has 10 rings (SSSR count). The van der Waals surface area contributed by atoms with Gasteiger partial charge in [0.25, 0.3) is 0 Å². The third-order valence-electron chi connectivity index (χ3n) is 10.3. The van der Waals surface area contributed by atoms with E-state index in [0.717, 1.165) is 62.8 Å². The Kier molecular flexibility index (Phi) is 7.24. The highest BCUT2D eigenvalue weighted by Crippen LogP contribution is 2.42. The van der Waals surface area contributed by atoms with Crippen LogP contribution in [0.2, 0.25) is 0 Å². The molecule has 9 aromatic rings. The molecule has 0 spiro atoms. The summed E-state index contributed by atoms with van der Waals surface area (Å²) in [4.78, 5) is 11.3. The second-order valence-electron chi connectivity index (χ2n) is 13.5. The minimum Gasteiger partial charge on any atom is -0.456 e. The Morgan fingerprint density at radius 2 is 1.10 bits per heavy atom. The lowest BCUT2D eigenvalue weighted by molar-refractivity contribution is 0.669. The van der Waals surface area contributed by atoms with Gasteiger partial charge < -0.3 is 9.32 Å². The molecular weight excluding hydrogens is 635 g/mol. The van der Waals surface area contributed by atoms with Gasteiger partial charge in [-0.05, 0) is 122 Å². The number of aromatic nitrogens is 2. The lowest BCUT2D eigenvalue weighted by Gasteiger charge is -2.24. The number of nitrogens with zero attached hydrogens (tertiary/aromatic N) is 3. The predicted molar refractivity (Wildman–Crippen MR) is 213 cm³/mol. The lowest BCUT2D eigenvalue weighted by Crippen LogP contribution is -2.20. The van der Waals surface area contributed by atoms with Crippen LogP contribution in [0.3, 0.4) is 0 Å². The van der Waals surface area contributed by atoms with Crippen molar-refractivity contribution in [3.05, 3.63) is 188 Å². The van der Waals surface area contributed by atoms with E-state index >= 15 is 0 Å². The number of anilines is 1. The molecule has 1 aliphatic heterocycles. The average molecular weight is 668 g/mol. The van der Waals surface area contributed by atoms with Gasteiger partial charge in [0.2, 0.25) is 0 Å². The van der Waals surface area contributed by atoms with Crippen molar-refractivity contribution in [1.29, 1.82) is 0 Å².